The summed E-state index contributed by atoms with van der Waals surface area (Å²) in [6.45, 7) is 1.89. The highest BCUT2D eigenvalue weighted by atomic mass is 32.1. The Kier molecular flexibility index (Phi) is 3.54. The Hall–Kier alpha value is -0.870. The average molecular weight is 304 g/mol. The number of likely N-dealkylation sites (N-methyl/N-ethyl adjacent to an activating group) is 1. The second-order valence-electron chi connectivity index (χ2n) is 6.92. The van der Waals surface area contributed by atoms with E-state index in [9.17, 15) is 4.79 Å². The maximum Gasteiger partial charge on any atom is 0.245 e. The third-order valence-electron chi connectivity index (χ3n) is 5.73. The molecule has 2 aliphatic carbocycles. The van der Waals surface area contributed by atoms with Crippen LogP contribution in [-0.2, 0) is 11.2 Å². The fourth-order valence-electron chi connectivity index (χ4n) is 4.45. The lowest BCUT2D eigenvalue weighted by molar-refractivity contribution is -0.134. The minimum Gasteiger partial charge on any atom is -0.340 e. The maximum absolute atomic E-state index is 12.9. The highest BCUT2D eigenvalue weighted by Crippen LogP contribution is 2.53. The van der Waals surface area contributed by atoms with Crippen molar-refractivity contribution >= 4 is 17.2 Å². The van der Waals surface area contributed by atoms with Gasteiger partial charge in [0.1, 0.15) is 6.04 Å². The van der Waals surface area contributed by atoms with Gasteiger partial charge in [-0.2, -0.15) is 0 Å². The standard InChI is InChI=1S/C17H24N2OS/c1-18-15-16-11(6-8-21-16)5-7-19(17(15)20)10-13-4-2-3-12-9-14(12)13/h6,8,12-15,18H,2-5,7,9-10H2,1H3. The number of amides is 1. The number of carbonyl (C=O) groups excluding carboxylic acids is 1. The monoisotopic (exact) mass is 304 g/mol. The van der Waals surface area contributed by atoms with Crippen LogP contribution in [0, 0.1) is 17.8 Å². The van der Waals surface area contributed by atoms with E-state index < -0.39 is 0 Å². The van der Waals surface area contributed by atoms with Crippen molar-refractivity contribution in [3.05, 3.63) is 21.9 Å². The van der Waals surface area contributed by atoms with E-state index in [1.807, 2.05) is 7.05 Å². The van der Waals surface area contributed by atoms with E-state index in [1.165, 1.54) is 36.1 Å². The van der Waals surface area contributed by atoms with E-state index in [4.69, 9.17) is 0 Å². The Labute approximate surface area is 130 Å². The van der Waals surface area contributed by atoms with E-state index >= 15 is 0 Å². The topological polar surface area (TPSA) is 32.3 Å². The predicted octanol–water partition coefficient (Wildman–Crippen LogP) is 2.83. The first-order valence-corrected chi connectivity index (χ1v) is 9.18. The van der Waals surface area contributed by atoms with Crippen LogP contribution in [0.15, 0.2) is 11.4 Å². The molecule has 4 rings (SSSR count). The van der Waals surface area contributed by atoms with Crippen LogP contribution in [0.1, 0.15) is 42.2 Å². The minimum atomic E-state index is -0.124. The summed E-state index contributed by atoms with van der Waals surface area (Å²) in [6.07, 6.45) is 6.58. The van der Waals surface area contributed by atoms with Crippen LogP contribution in [0.5, 0.6) is 0 Å². The van der Waals surface area contributed by atoms with E-state index in [-0.39, 0.29) is 6.04 Å². The molecular weight excluding hydrogens is 280 g/mol. The molecule has 0 aromatic carbocycles. The fourth-order valence-corrected chi connectivity index (χ4v) is 5.50. The Morgan fingerprint density at radius 1 is 1.43 bits per heavy atom. The molecule has 3 aliphatic rings. The number of fused-ring (bicyclic) bond motifs is 2. The zero-order valence-corrected chi connectivity index (χ0v) is 13.5. The van der Waals surface area contributed by atoms with Crippen LogP contribution in [0.2, 0.25) is 0 Å². The summed E-state index contributed by atoms with van der Waals surface area (Å²) in [6, 6.07) is 2.07. The van der Waals surface area contributed by atoms with E-state index in [1.54, 1.807) is 11.3 Å². The summed E-state index contributed by atoms with van der Waals surface area (Å²) in [7, 11) is 1.91. The van der Waals surface area contributed by atoms with Crippen LogP contribution in [0.3, 0.4) is 0 Å². The molecule has 1 aliphatic heterocycles. The molecule has 0 saturated heterocycles. The van der Waals surface area contributed by atoms with Crippen LogP contribution in [0.4, 0.5) is 0 Å². The molecule has 0 radical (unpaired) electrons. The van der Waals surface area contributed by atoms with Gasteiger partial charge in [0.05, 0.1) is 0 Å². The summed E-state index contributed by atoms with van der Waals surface area (Å²) in [5.74, 6) is 2.98. The Balaban J connectivity index is 1.51. The van der Waals surface area contributed by atoms with Gasteiger partial charge in [-0.05, 0) is 61.1 Å². The molecule has 1 aromatic heterocycles. The van der Waals surface area contributed by atoms with Crippen molar-refractivity contribution in [2.45, 2.75) is 38.1 Å². The van der Waals surface area contributed by atoms with Gasteiger partial charge < -0.3 is 10.2 Å². The number of hydrogen-bond donors (Lipinski definition) is 1. The van der Waals surface area contributed by atoms with Crippen molar-refractivity contribution in [3.8, 4) is 0 Å². The summed E-state index contributed by atoms with van der Waals surface area (Å²) in [5, 5.41) is 5.36. The van der Waals surface area contributed by atoms with Crippen LogP contribution in [0.25, 0.3) is 0 Å². The van der Waals surface area contributed by atoms with Crippen molar-refractivity contribution < 1.29 is 4.79 Å². The minimum absolute atomic E-state index is 0.124. The van der Waals surface area contributed by atoms with E-state index in [2.05, 4.69) is 21.7 Å². The molecule has 0 bridgehead atoms. The lowest BCUT2D eigenvalue weighted by Gasteiger charge is -2.30. The lowest BCUT2D eigenvalue weighted by Crippen LogP contribution is -2.42. The zero-order valence-electron chi connectivity index (χ0n) is 12.7. The molecule has 1 aromatic rings. The largest absolute Gasteiger partial charge is 0.340 e. The van der Waals surface area contributed by atoms with Crippen LogP contribution in [-0.4, -0.2) is 30.9 Å². The van der Waals surface area contributed by atoms with Gasteiger partial charge >= 0.3 is 0 Å². The third kappa shape index (κ3) is 2.42. The number of hydrogen-bond acceptors (Lipinski definition) is 3. The molecular formula is C17H24N2OS. The van der Waals surface area contributed by atoms with Gasteiger partial charge in [0.2, 0.25) is 5.91 Å². The van der Waals surface area contributed by atoms with Crippen molar-refractivity contribution in [2.24, 2.45) is 17.8 Å². The highest BCUT2D eigenvalue weighted by Gasteiger charge is 2.46. The van der Waals surface area contributed by atoms with E-state index in [0.29, 0.717) is 5.91 Å². The number of thiophene rings is 1. The Bertz CT molecular complexity index is 541. The predicted molar refractivity (Wildman–Crippen MR) is 85.3 cm³/mol. The van der Waals surface area contributed by atoms with Gasteiger partial charge in [-0.3, -0.25) is 4.79 Å². The first kappa shape index (κ1) is 13.8. The van der Waals surface area contributed by atoms with Crippen molar-refractivity contribution in [2.75, 3.05) is 20.1 Å². The van der Waals surface area contributed by atoms with Gasteiger partial charge in [0, 0.05) is 18.0 Å². The third-order valence-corrected chi connectivity index (χ3v) is 6.75. The smallest absolute Gasteiger partial charge is 0.245 e. The van der Waals surface area contributed by atoms with Gasteiger partial charge in [-0.1, -0.05) is 12.8 Å². The maximum atomic E-state index is 12.9. The van der Waals surface area contributed by atoms with Gasteiger partial charge in [-0.15, -0.1) is 11.3 Å². The fraction of sp³-hybridized carbons (Fsp3) is 0.706. The zero-order chi connectivity index (χ0) is 14.4. The van der Waals surface area contributed by atoms with Gasteiger partial charge in [-0.25, -0.2) is 0 Å². The second-order valence-corrected chi connectivity index (χ2v) is 7.86. The molecule has 2 saturated carbocycles. The molecule has 4 atom stereocenters. The molecule has 21 heavy (non-hydrogen) atoms. The van der Waals surface area contributed by atoms with E-state index in [0.717, 1.165) is 37.3 Å². The number of nitrogens with one attached hydrogen (secondary N) is 1. The van der Waals surface area contributed by atoms with Crippen molar-refractivity contribution in [1.82, 2.24) is 10.2 Å². The quantitative estimate of drug-likeness (QED) is 0.931. The van der Waals surface area contributed by atoms with Crippen molar-refractivity contribution in [3.63, 3.8) is 0 Å². The Morgan fingerprint density at radius 3 is 3.19 bits per heavy atom. The Morgan fingerprint density at radius 2 is 2.33 bits per heavy atom. The summed E-state index contributed by atoms with van der Waals surface area (Å²) >= 11 is 1.72. The van der Waals surface area contributed by atoms with Gasteiger partial charge in [0.25, 0.3) is 0 Å². The molecule has 2 heterocycles. The average Bonchev–Trinajstić information content (AvgIpc) is 3.18. The first-order chi connectivity index (χ1) is 10.3. The van der Waals surface area contributed by atoms with Crippen molar-refractivity contribution in [1.29, 1.82) is 0 Å². The molecule has 3 nitrogen and oxygen atoms in total. The number of rotatable bonds is 3. The summed E-state index contributed by atoms with van der Waals surface area (Å²) in [5.41, 5.74) is 1.36. The second kappa shape index (κ2) is 5.40. The molecule has 4 unspecified atom stereocenters. The van der Waals surface area contributed by atoms with Gasteiger partial charge in [0.15, 0.2) is 0 Å². The first-order valence-electron chi connectivity index (χ1n) is 8.30. The molecule has 1 amide bonds. The molecule has 1 N–H and O–H groups in total. The van der Waals surface area contributed by atoms with Crippen LogP contribution >= 0.6 is 11.3 Å². The lowest BCUT2D eigenvalue weighted by atomic mass is 9.88. The molecule has 114 valence electrons. The highest BCUT2D eigenvalue weighted by molar-refractivity contribution is 7.10. The van der Waals surface area contributed by atoms with Crippen LogP contribution < -0.4 is 5.32 Å². The summed E-state index contributed by atoms with van der Waals surface area (Å²) in [4.78, 5) is 16.3. The normalized spacial score (nSPS) is 35.1. The number of carbonyl (C=O) groups is 1. The summed E-state index contributed by atoms with van der Waals surface area (Å²) < 4.78 is 0. The number of nitrogens with zero attached hydrogens (tertiary/aromatic N) is 1. The molecule has 0 spiro atoms. The molecule has 2 fully saturated rings. The SMILES string of the molecule is CNC1C(=O)N(CC2CCCC3CC32)CCc2ccsc21. The molecule has 4 heteroatoms.